The molecule has 1 fully saturated rings. The second-order valence-electron chi connectivity index (χ2n) is 11.6. The zero-order chi connectivity index (χ0) is 31.6. The van der Waals surface area contributed by atoms with Gasteiger partial charge in [0, 0.05) is 46.6 Å². The van der Waals surface area contributed by atoms with E-state index in [1.165, 1.54) is 42.8 Å². The molecule has 0 radical (unpaired) electrons. The third-order valence-corrected chi connectivity index (χ3v) is 9.06. The topological polar surface area (TPSA) is 76.1 Å². The number of halogens is 4. The molecule has 6 rings (SSSR count). The molecule has 2 aliphatic rings. The van der Waals surface area contributed by atoms with E-state index in [0.29, 0.717) is 30.8 Å². The number of carbonyl (C=O) groups excluding carboxylic acids is 1. The SMILES string of the molecule is NC(=O)N1N=C(c2ccc(C(F)(F)F)cc2)C[C@@H]1c1cn(Cc2ccc(OCCN3CCCCCC3)cc2)c2ccc(Br)cc12. The highest BCUT2D eigenvalue weighted by Crippen LogP contribution is 2.39. The van der Waals surface area contributed by atoms with Gasteiger partial charge in [0.25, 0.3) is 0 Å². The number of nitrogens with two attached hydrogens (primary N) is 1. The third kappa shape index (κ3) is 7.20. The Labute approximate surface area is 268 Å². The fourth-order valence-electron chi connectivity index (χ4n) is 6.22. The van der Waals surface area contributed by atoms with Gasteiger partial charge in [0.1, 0.15) is 12.4 Å². The average molecular weight is 683 g/mol. The third-order valence-electron chi connectivity index (χ3n) is 8.57. The summed E-state index contributed by atoms with van der Waals surface area (Å²) in [6, 6.07) is 17.7. The van der Waals surface area contributed by atoms with Crippen LogP contribution in [0.2, 0.25) is 0 Å². The first-order chi connectivity index (χ1) is 21.7. The zero-order valence-electron chi connectivity index (χ0n) is 24.8. The van der Waals surface area contributed by atoms with E-state index in [4.69, 9.17) is 10.5 Å². The van der Waals surface area contributed by atoms with E-state index in [2.05, 4.69) is 42.6 Å². The number of rotatable bonds is 8. The van der Waals surface area contributed by atoms with Crippen LogP contribution in [0.5, 0.6) is 5.75 Å². The minimum atomic E-state index is -4.44. The molecular formula is C34H35BrF3N5O2. The quantitative estimate of drug-likeness (QED) is 0.205. The molecule has 0 unspecified atom stereocenters. The van der Waals surface area contributed by atoms with E-state index in [0.717, 1.165) is 64.0 Å². The van der Waals surface area contributed by atoms with Crippen LogP contribution in [-0.2, 0) is 12.7 Å². The molecule has 3 aromatic carbocycles. The van der Waals surface area contributed by atoms with Crippen molar-refractivity contribution in [2.45, 2.75) is 50.9 Å². The number of likely N-dealkylation sites (tertiary alicyclic amines) is 1. The van der Waals surface area contributed by atoms with Crippen LogP contribution in [0.15, 0.2) is 82.5 Å². The highest BCUT2D eigenvalue weighted by Gasteiger charge is 2.35. The number of hydrogen-bond acceptors (Lipinski definition) is 4. The van der Waals surface area contributed by atoms with Crippen LogP contribution in [0, 0.1) is 0 Å². The average Bonchev–Trinajstić information content (AvgIpc) is 3.50. The second-order valence-corrected chi connectivity index (χ2v) is 12.6. The van der Waals surface area contributed by atoms with Crippen molar-refractivity contribution in [3.63, 3.8) is 0 Å². The lowest BCUT2D eigenvalue weighted by molar-refractivity contribution is -0.137. The zero-order valence-corrected chi connectivity index (χ0v) is 26.4. The van der Waals surface area contributed by atoms with Gasteiger partial charge in [-0.05, 0) is 79.5 Å². The summed E-state index contributed by atoms with van der Waals surface area (Å²) in [5.41, 5.74) is 8.92. The Morgan fingerprint density at radius 2 is 1.69 bits per heavy atom. The van der Waals surface area contributed by atoms with E-state index in [1.807, 2.05) is 36.5 Å². The van der Waals surface area contributed by atoms with Crippen molar-refractivity contribution in [2.24, 2.45) is 10.8 Å². The summed E-state index contributed by atoms with van der Waals surface area (Å²) in [4.78, 5) is 15.0. The summed E-state index contributed by atoms with van der Waals surface area (Å²) >= 11 is 3.57. The number of urea groups is 1. The molecule has 1 saturated heterocycles. The van der Waals surface area contributed by atoms with E-state index < -0.39 is 23.8 Å². The van der Waals surface area contributed by atoms with Crippen LogP contribution >= 0.6 is 15.9 Å². The number of primary amides is 1. The van der Waals surface area contributed by atoms with Gasteiger partial charge in [0.15, 0.2) is 0 Å². The maximum absolute atomic E-state index is 13.1. The molecule has 0 aliphatic carbocycles. The van der Waals surface area contributed by atoms with E-state index >= 15 is 0 Å². The highest BCUT2D eigenvalue weighted by atomic mass is 79.9. The van der Waals surface area contributed by atoms with Crippen molar-refractivity contribution >= 4 is 38.6 Å². The van der Waals surface area contributed by atoms with Crippen LogP contribution in [0.25, 0.3) is 10.9 Å². The molecule has 45 heavy (non-hydrogen) atoms. The van der Waals surface area contributed by atoms with Gasteiger partial charge in [-0.1, -0.05) is 53.0 Å². The summed E-state index contributed by atoms with van der Waals surface area (Å²) in [5.74, 6) is 0.839. The molecule has 2 aliphatic heterocycles. The minimum Gasteiger partial charge on any atom is -0.492 e. The van der Waals surface area contributed by atoms with Crippen molar-refractivity contribution in [2.75, 3.05) is 26.2 Å². The molecule has 0 bridgehead atoms. The molecule has 2 N–H and O–H groups in total. The van der Waals surface area contributed by atoms with E-state index in [1.54, 1.807) is 0 Å². The van der Waals surface area contributed by atoms with Crippen molar-refractivity contribution in [1.29, 1.82) is 0 Å². The summed E-state index contributed by atoms with van der Waals surface area (Å²) in [6.07, 6.45) is 3.03. The van der Waals surface area contributed by atoms with Crippen LogP contribution < -0.4 is 10.5 Å². The minimum absolute atomic E-state index is 0.309. The first kappa shape index (κ1) is 31.2. The van der Waals surface area contributed by atoms with E-state index in [-0.39, 0.29) is 0 Å². The lowest BCUT2D eigenvalue weighted by Crippen LogP contribution is -2.31. The molecule has 1 atom stereocenters. The second kappa shape index (κ2) is 13.3. The normalized spacial score (nSPS) is 17.8. The van der Waals surface area contributed by atoms with Gasteiger partial charge in [0.2, 0.25) is 0 Å². The monoisotopic (exact) mass is 681 g/mol. The number of hydrazone groups is 1. The lowest BCUT2D eigenvalue weighted by atomic mass is 9.97. The number of amides is 2. The number of carbonyl (C=O) groups is 1. The molecule has 4 aromatic rings. The number of fused-ring (bicyclic) bond motifs is 1. The molecule has 7 nitrogen and oxygen atoms in total. The Bertz CT molecular complexity index is 1680. The molecule has 236 valence electrons. The fraction of sp³-hybridized carbons (Fsp3) is 0.353. The standard InChI is InChI=1S/C34H35BrF3N5O2/c35-26-11-14-31-28(19-26)29(32-20-30(40-43(32)33(39)44)24-7-9-25(10-8-24)34(36,37)38)22-42(31)21-23-5-12-27(13-6-23)45-18-17-41-15-3-1-2-4-16-41/h5-14,19,22,32H,1-4,15-18,20-21H2,(H2,39,44)/t32-/m1/s1. The molecule has 11 heteroatoms. The number of alkyl halides is 3. The van der Waals surface area contributed by atoms with Crippen molar-refractivity contribution < 1.29 is 22.7 Å². The summed E-state index contributed by atoms with van der Waals surface area (Å²) in [7, 11) is 0. The number of aromatic nitrogens is 1. The van der Waals surface area contributed by atoms with Gasteiger partial charge >= 0.3 is 12.2 Å². The Hall–Kier alpha value is -3.83. The van der Waals surface area contributed by atoms with Gasteiger partial charge in [0.05, 0.1) is 17.3 Å². The van der Waals surface area contributed by atoms with Crippen LogP contribution in [-0.4, -0.2) is 52.5 Å². The summed E-state index contributed by atoms with van der Waals surface area (Å²) in [6.45, 7) is 4.47. The number of hydrogen-bond donors (Lipinski definition) is 1. The molecule has 0 saturated carbocycles. The van der Waals surface area contributed by atoms with E-state index in [9.17, 15) is 18.0 Å². The number of benzene rings is 3. The predicted octanol–water partition coefficient (Wildman–Crippen LogP) is 7.96. The van der Waals surface area contributed by atoms with Crippen molar-refractivity contribution in [3.05, 3.63) is 99.7 Å². The van der Waals surface area contributed by atoms with Gasteiger partial charge in [-0.25, -0.2) is 9.80 Å². The highest BCUT2D eigenvalue weighted by molar-refractivity contribution is 9.10. The number of ether oxygens (including phenoxy) is 1. The lowest BCUT2D eigenvalue weighted by Gasteiger charge is -2.19. The van der Waals surface area contributed by atoms with Gasteiger partial charge in [-0.3, -0.25) is 4.90 Å². The first-order valence-corrected chi connectivity index (χ1v) is 16.0. The Kier molecular flexibility index (Phi) is 9.18. The van der Waals surface area contributed by atoms with Gasteiger partial charge < -0.3 is 15.0 Å². The van der Waals surface area contributed by atoms with Gasteiger partial charge in [-0.2, -0.15) is 18.3 Å². The van der Waals surface area contributed by atoms with Gasteiger partial charge in [-0.15, -0.1) is 0 Å². The molecule has 1 aromatic heterocycles. The Morgan fingerprint density at radius 1 is 0.978 bits per heavy atom. The Balaban J connectivity index is 1.20. The summed E-state index contributed by atoms with van der Waals surface area (Å²) < 4.78 is 48.4. The number of nitrogens with zero attached hydrogens (tertiary/aromatic N) is 4. The van der Waals surface area contributed by atoms with Crippen molar-refractivity contribution in [3.8, 4) is 5.75 Å². The van der Waals surface area contributed by atoms with Crippen molar-refractivity contribution in [1.82, 2.24) is 14.5 Å². The smallest absolute Gasteiger partial charge is 0.416 e. The molecule has 2 amide bonds. The van der Waals surface area contributed by atoms with Crippen LogP contribution in [0.3, 0.4) is 0 Å². The maximum Gasteiger partial charge on any atom is 0.416 e. The van der Waals surface area contributed by atoms with Crippen LogP contribution in [0.1, 0.15) is 60.4 Å². The maximum atomic E-state index is 13.1. The first-order valence-electron chi connectivity index (χ1n) is 15.2. The fourth-order valence-corrected chi connectivity index (χ4v) is 6.58. The van der Waals surface area contributed by atoms with Crippen LogP contribution in [0.4, 0.5) is 18.0 Å². The molecular weight excluding hydrogens is 647 g/mol. The molecule has 0 spiro atoms. The summed E-state index contributed by atoms with van der Waals surface area (Å²) in [5, 5.41) is 6.61. The largest absolute Gasteiger partial charge is 0.492 e. The molecule has 3 heterocycles. The predicted molar refractivity (Wildman–Crippen MR) is 172 cm³/mol. The Morgan fingerprint density at radius 3 is 2.36 bits per heavy atom.